The molecule has 2 fully saturated rings. The third-order valence-electron chi connectivity index (χ3n) is 6.70. The summed E-state index contributed by atoms with van der Waals surface area (Å²) in [6, 6.07) is 0. The van der Waals surface area contributed by atoms with Crippen molar-refractivity contribution in [2.24, 2.45) is 0 Å². The summed E-state index contributed by atoms with van der Waals surface area (Å²) in [6.45, 7) is 11.6. The molecule has 0 aromatic carbocycles. The molecule has 2 aliphatic carbocycles. The summed E-state index contributed by atoms with van der Waals surface area (Å²) in [5, 5.41) is 12.2. The van der Waals surface area contributed by atoms with Gasteiger partial charge in [-0.25, -0.2) is 0 Å². The number of hydrogen-bond donors (Lipinski definition) is 1. The molecule has 1 aliphatic heterocycles. The van der Waals surface area contributed by atoms with Gasteiger partial charge >= 0.3 is 0 Å². The SMILES string of the molecule is CC(C)(C)[Si](C)(C)O[C@H]1CC2(SCCCS2)C(O)(C2=CCCCC2)C1. The van der Waals surface area contributed by atoms with E-state index in [-0.39, 0.29) is 15.2 Å². The third kappa shape index (κ3) is 3.78. The molecule has 1 spiro atoms. The van der Waals surface area contributed by atoms with Crippen molar-refractivity contribution in [2.45, 2.75) is 99.6 Å². The van der Waals surface area contributed by atoms with Crippen molar-refractivity contribution >= 4 is 31.8 Å². The molecule has 1 unspecified atom stereocenters. The van der Waals surface area contributed by atoms with Crippen molar-refractivity contribution in [1.29, 1.82) is 0 Å². The third-order valence-corrected chi connectivity index (χ3v) is 14.9. The molecule has 2 atom stereocenters. The molecule has 1 saturated carbocycles. The molecule has 1 saturated heterocycles. The zero-order valence-corrected chi connectivity index (χ0v) is 19.3. The zero-order valence-electron chi connectivity index (χ0n) is 16.7. The number of rotatable bonds is 3. The van der Waals surface area contributed by atoms with Gasteiger partial charge in [-0.2, -0.15) is 0 Å². The average molecular weight is 401 g/mol. The van der Waals surface area contributed by atoms with Gasteiger partial charge < -0.3 is 9.53 Å². The highest BCUT2D eigenvalue weighted by molar-refractivity contribution is 8.19. The van der Waals surface area contributed by atoms with Crippen LogP contribution >= 0.6 is 23.5 Å². The molecular weight excluding hydrogens is 364 g/mol. The van der Waals surface area contributed by atoms with E-state index in [2.05, 4.69) is 39.9 Å². The average Bonchev–Trinajstić information content (AvgIpc) is 2.80. The van der Waals surface area contributed by atoms with Crippen molar-refractivity contribution in [3.63, 3.8) is 0 Å². The number of aliphatic hydroxyl groups is 1. The highest BCUT2D eigenvalue weighted by atomic mass is 32.2. The van der Waals surface area contributed by atoms with Crippen molar-refractivity contribution in [3.05, 3.63) is 11.6 Å². The van der Waals surface area contributed by atoms with E-state index < -0.39 is 13.9 Å². The Morgan fingerprint density at radius 1 is 1.12 bits per heavy atom. The molecule has 0 radical (unpaired) electrons. The van der Waals surface area contributed by atoms with Gasteiger partial charge in [0, 0.05) is 6.42 Å². The summed E-state index contributed by atoms with van der Waals surface area (Å²) >= 11 is 4.04. The van der Waals surface area contributed by atoms with Crippen LogP contribution in [0.3, 0.4) is 0 Å². The fraction of sp³-hybridized carbons (Fsp3) is 0.900. The summed E-state index contributed by atoms with van der Waals surface area (Å²) in [7, 11) is -1.81. The van der Waals surface area contributed by atoms with Crippen LogP contribution in [0, 0.1) is 0 Å². The molecular formula is C20H36O2S2Si. The molecule has 3 rings (SSSR count). The minimum atomic E-state index is -1.81. The van der Waals surface area contributed by atoms with Crippen LogP contribution in [0.1, 0.15) is 65.7 Å². The molecule has 0 aromatic rings. The Balaban J connectivity index is 1.87. The Labute approximate surface area is 164 Å². The fourth-order valence-corrected chi connectivity index (χ4v) is 9.34. The number of hydrogen-bond acceptors (Lipinski definition) is 4. The second-order valence-corrected chi connectivity index (χ2v) is 17.3. The minimum Gasteiger partial charge on any atom is -0.414 e. The lowest BCUT2D eigenvalue weighted by Gasteiger charge is -2.45. The standard InChI is InChI=1S/C20H36O2S2Si/c1-18(2,3)25(4,5)22-17-14-19(21,16-10-7-6-8-11-16)20(15-17)23-12-9-13-24-20/h10,17,21H,6-9,11-15H2,1-5H3/t17-,19?/m1/s1. The van der Waals surface area contributed by atoms with Gasteiger partial charge in [0.15, 0.2) is 8.32 Å². The maximum absolute atomic E-state index is 12.0. The smallest absolute Gasteiger partial charge is 0.192 e. The molecule has 2 nitrogen and oxygen atoms in total. The zero-order chi connectivity index (χ0) is 18.3. The topological polar surface area (TPSA) is 29.5 Å². The van der Waals surface area contributed by atoms with Crippen molar-refractivity contribution in [3.8, 4) is 0 Å². The minimum absolute atomic E-state index is 0.0819. The number of thioether (sulfide) groups is 2. The van der Waals surface area contributed by atoms with Gasteiger partial charge in [-0.3, -0.25) is 0 Å². The van der Waals surface area contributed by atoms with Crippen molar-refractivity contribution in [1.82, 2.24) is 0 Å². The summed E-state index contributed by atoms with van der Waals surface area (Å²) in [5.41, 5.74) is 0.651. The molecule has 0 amide bonds. The van der Waals surface area contributed by atoms with Gasteiger partial charge in [-0.15, -0.1) is 23.5 Å². The van der Waals surface area contributed by atoms with Crippen LogP contribution in [0.2, 0.25) is 18.1 Å². The van der Waals surface area contributed by atoms with Crippen LogP contribution in [-0.2, 0) is 4.43 Å². The predicted molar refractivity (Wildman–Crippen MR) is 115 cm³/mol. The highest BCUT2D eigenvalue weighted by Crippen LogP contribution is 2.62. The maximum Gasteiger partial charge on any atom is 0.192 e. The summed E-state index contributed by atoms with van der Waals surface area (Å²) in [4.78, 5) is 0. The van der Waals surface area contributed by atoms with Crippen LogP contribution in [0.5, 0.6) is 0 Å². The Bertz CT molecular complexity index is 520. The van der Waals surface area contributed by atoms with E-state index >= 15 is 0 Å². The van der Waals surface area contributed by atoms with Gasteiger partial charge in [0.05, 0.1) is 10.2 Å². The van der Waals surface area contributed by atoms with Crippen LogP contribution in [0.25, 0.3) is 0 Å². The molecule has 0 aromatic heterocycles. The lowest BCUT2D eigenvalue weighted by Crippen LogP contribution is -2.48. The normalized spacial score (nSPS) is 33.5. The monoisotopic (exact) mass is 400 g/mol. The fourth-order valence-electron chi connectivity index (χ4n) is 4.22. The van der Waals surface area contributed by atoms with E-state index in [1.807, 2.05) is 23.5 Å². The first-order valence-electron chi connectivity index (χ1n) is 9.97. The predicted octanol–water partition coefficient (Wildman–Crippen LogP) is 5.97. The van der Waals surface area contributed by atoms with Gasteiger partial charge in [0.1, 0.15) is 5.60 Å². The Kier molecular flexibility index (Phi) is 5.85. The van der Waals surface area contributed by atoms with E-state index in [4.69, 9.17) is 4.43 Å². The first kappa shape index (κ1) is 20.3. The molecule has 0 bridgehead atoms. The molecule has 1 heterocycles. The Morgan fingerprint density at radius 2 is 1.80 bits per heavy atom. The second kappa shape index (κ2) is 7.19. The molecule has 1 N–H and O–H groups in total. The van der Waals surface area contributed by atoms with E-state index in [1.165, 1.54) is 36.3 Å². The Morgan fingerprint density at radius 3 is 2.36 bits per heavy atom. The first-order valence-corrected chi connectivity index (χ1v) is 14.9. The van der Waals surface area contributed by atoms with Crippen LogP contribution in [0.4, 0.5) is 0 Å². The van der Waals surface area contributed by atoms with E-state index in [1.54, 1.807) is 0 Å². The summed E-state index contributed by atoms with van der Waals surface area (Å²) < 4.78 is 6.72. The van der Waals surface area contributed by atoms with Gasteiger partial charge in [0.2, 0.25) is 0 Å². The molecule has 3 aliphatic rings. The second-order valence-electron chi connectivity index (χ2n) is 9.55. The van der Waals surface area contributed by atoms with Gasteiger partial charge in [0.25, 0.3) is 0 Å². The summed E-state index contributed by atoms with van der Waals surface area (Å²) in [5.74, 6) is 2.35. The molecule has 25 heavy (non-hydrogen) atoms. The van der Waals surface area contributed by atoms with Gasteiger partial charge in [-0.1, -0.05) is 26.8 Å². The Hall–Kier alpha value is 0.577. The van der Waals surface area contributed by atoms with E-state index in [0.717, 1.165) is 25.7 Å². The molecule has 144 valence electrons. The number of allylic oxidation sites excluding steroid dienone is 1. The summed E-state index contributed by atoms with van der Waals surface area (Å²) in [6.07, 6.45) is 10.3. The maximum atomic E-state index is 12.0. The van der Waals surface area contributed by atoms with Crippen LogP contribution in [0.15, 0.2) is 11.6 Å². The lowest BCUT2D eigenvalue weighted by molar-refractivity contribution is 0.0611. The van der Waals surface area contributed by atoms with E-state index in [9.17, 15) is 5.11 Å². The van der Waals surface area contributed by atoms with E-state index in [0.29, 0.717) is 0 Å². The molecule has 5 heteroatoms. The van der Waals surface area contributed by atoms with Crippen molar-refractivity contribution < 1.29 is 9.53 Å². The quantitative estimate of drug-likeness (QED) is 0.467. The first-order chi connectivity index (χ1) is 11.6. The lowest BCUT2D eigenvalue weighted by atomic mass is 9.83. The van der Waals surface area contributed by atoms with Crippen LogP contribution < -0.4 is 0 Å². The van der Waals surface area contributed by atoms with Crippen LogP contribution in [-0.4, -0.2) is 40.7 Å². The van der Waals surface area contributed by atoms with Crippen molar-refractivity contribution in [2.75, 3.05) is 11.5 Å². The largest absolute Gasteiger partial charge is 0.414 e. The highest BCUT2D eigenvalue weighted by Gasteiger charge is 2.61. The van der Waals surface area contributed by atoms with Gasteiger partial charge in [-0.05, 0) is 73.7 Å².